The zero-order valence-electron chi connectivity index (χ0n) is 12.6. The molecule has 0 fully saturated rings. The van der Waals surface area contributed by atoms with Crippen molar-refractivity contribution >= 4 is 32.8 Å². The highest BCUT2D eigenvalue weighted by Gasteiger charge is 2.18. The Morgan fingerprint density at radius 2 is 2.10 bits per heavy atom. The number of nitrogens with zero attached hydrogens (tertiary/aromatic N) is 1. The van der Waals surface area contributed by atoms with E-state index in [9.17, 15) is 4.79 Å². The zero-order valence-corrected chi connectivity index (χ0v) is 14.2. The minimum atomic E-state index is -0.0348. The molecule has 0 aliphatic carbocycles. The van der Waals surface area contributed by atoms with Crippen molar-refractivity contribution in [2.45, 2.75) is 38.4 Å². The van der Waals surface area contributed by atoms with Gasteiger partial charge in [0.25, 0.3) is 0 Å². The van der Waals surface area contributed by atoms with E-state index in [0.29, 0.717) is 17.8 Å². The quantitative estimate of drug-likeness (QED) is 0.835. The largest absolute Gasteiger partial charge is 0.356 e. The van der Waals surface area contributed by atoms with Crippen LogP contribution >= 0.6 is 15.9 Å². The predicted octanol–water partition coefficient (Wildman–Crippen LogP) is 3.69. The molecule has 1 atom stereocenters. The SMILES string of the molecule is CC(C)(C)CC(Br)CNC(=O)Cc1noc2ccccc12. The average Bonchev–Trinajstić information content (AvgIpc) is 2.78. The van der Waals surface area contributed by atoms with E-state index in [0.717, 1.165) is 11.8 Å². The van der Waals surface area contributed by atoms with Crippen LogP contribution in [0.5, 0.6) is 0 Å². The van der Waals surface area contributed by atoms with E-state index < -0.39 is 0 Å². The number of hydrogen-bond acceptors (Lipinski definition) is 3. The van der Waals surface area contributed by atoms with Crippen LogP contribution in [0.25, 0.3) is 11.0 Å². The van der Waals surface area contributed by atoms with Gasteiger partial charge in [-0.1, -0.05) is 54.0 Å². The fourth-order valence-electron chi connectivity index (χ4n) is 2.24. The second-order valence-corrected chi connectivity index (χ2v) is 7.76. The maximum Gasteiger partial charge on any atom is 0.226 e. The number of carbonyl (C=O) groups is 1. The summed E-state index contributed by atoms with van der Waals surface area (Å²) in [5, 5.41) is 7.82. The molecule has 1 amide bonds. The number of para-hydroxylation sites is 1. The fourth-order valence-corrected chi connectivity index (χ4v) is 3.37. The van der Waals surface area contributed by atoms with Gasteiger partial charge in [0.05, 0.1) is 6.42 Å². The third-order valence-electron chi connectivity index (χ3n) is 3.13. The standard InChI is InChI=1S/C16H21BrN2O2/c1-16(2,3)9-11(17)10-18-15(20)8-13-12-6-4-5-7-14(12)21-19-13/h4-7,11H,8-10H2,1-3H3,(H,18,20). The molecule has 1 unspecified atom stereocenters. The smallest absolute Gasteiger partial charge is 0.226 e. The van der Waals surface area contributed by atoms with Crippen molar-refractivity contribution in [3.63, 3.8) is 0 Å². The minimum absolute atomic E-state index is 0.0348. The Bertz CT molecular complexity index is 616. The number of halogens is 1. The summed E-state index contributed by atoms with van der Waals surface area (Å²) in [5.74, 6) is -0.0348. The fraction of sp³-hybridized carbons (Fsp3) is 0.500. The number of amides is 1. The van der Waals surface area contributed by atoms with Crippen LogP contribution in [0.1, 0.15) is 32.9 Å². The Morgan fingerprint density at radius 3 is 2.81 bits per heavy atom. The Hall–Kier alpha value is -1.36. The summed E-state index contributed by atoms with van der Waals surface area (Å²) in [4.78, 5) is 12.3. The molecule has 5 heteroatoms. The molecule has 0 aliphatic heterocycles. The van der Waals surface area contributed by atoms with Crippen LogP contribution in [0.3, 0.4) is 0 Å². The first-order valence-corrected chi connectivity index (χ1v) is 8.01. The number of alkyl halides is 1. The van der Waals surface area contributed by atoms with Crippen molar-refractivity contribution in [3.8, 4) is 0 Å². The topological polar surface area (TPSA) is 55.1 Å². The molecule has 0 spiro atoms. The normalized spacial score (nSPS) is 13.3. The lowest BCUT2D eigenvalue weighted by Gasteiger charge is -2.22. The predicted molar refractivity (Wildman–Crippen MR) is 87.5 cm³/mol. The van der Waals surface area contributed by atoms with Crippen LogP contribution in [-0.4, -0.2) is 22.4 Å². The van der Waals surface area contributed by atoms with Crippen molar-refractivity contribution in [3.05, 3.63) is 30.0 Å². The number of aromatic nitrogens is 1. The average molecular weight is 353 g/mol. The number of nitrogens with one attached hydrogen (secondary N) is 1. The lowest BCUT2D eigenvalue weighted by atomic mass is 9.90. The van der Waals surface area contributed by atoms with E-state index >= 15 is 0 Å². The van der Waals surface area contributed by atoms with Crippen molar-refractivity contribution in [2.75, 3.05) is 6.54 Å². The lowest BCUT2D eigenvalue weighted by Crippen LogP contribution is -2.32. The molecular formula is C16H21BrN2O2. The van der Waals surface area contributed by atoms with Crippen molar-refractivity contribution in [2.24, 2.45) is 5.41 Å². The third-order valence-corrected chi connectivity index (χ3v) is 3.78. The molecular weight excluding hydrogens is 332 g/mol. The molecule has 0 aliphatic rings. The minimum Gasteiger partial charge on any atom is -0.356 e. The molecule has 0 saturated carbocycles. The number of benzene rings is 1. The summed E-state index contributed by atoms with van der Waals surface area (Å²) >= 11 is 3.61. The van der Waals surface area contributed by atoms with Gasteiger partial charge < -0.3 is 9.84 Å². The Balaban J connectivity index is 1.88. The summed E-state index contributed by atoms with van der Waals surface area (Å²) in [7, 11) is 0. The highest BCUT2D eigenvalue weighted by Crippen LogP contribution is 2.24. The molecule has 114 valence electrons. The molecule has 1 aromatic heterocycles. The second-order valence-electron chi connectivity index (χ2n) is 6.47. The van der Waals surface area contributed by atoms with Gasteiger partial charge in [0, 0.05) is 16.8 Å². The molecule has 0 radical (unpaired) electrons. The molecule has 0 bridgehead atoms. The van der Waals surface area contributed by atoms with Gasteiger partial charge in [-0.25, -0.2) is 0 Å². The molecule has 1 heterocycles. The van der Waals surface area contributed by atoms with E-state index in [2.05, 4.69) is 47.2 Å². The monoisotopic (exact) mass is 352 g/mol. The van der Waals surface area contributed by atoms with Crippen LogP contribution in [0, 0.1) is 5.41 Å². The maximum absolute atomic E-state index is 12.0. The highest BCUT2D eigenvalue weighted by molar-refractivity contribution is 9.09. The van der Waals surface area contributed by atoms with Gasteiger partial charge in [0.2, 0.25) is 5.91 Å². The van der Waals surface area contributed by atoms with Crippen molar-refractivity contribution in [1.29, 1.82) is 0 Å². The van der Waals surface area contributed by atoms with Gasteiger partial charge in [-0.2, -0.15) is 0 Å². The van der Waals surface area contributed by atoms with Crippen LogP contribution < -0.4 is 5.32 Å². The summed E-state index contributed by atoms with van der Waals surface area (Å²) in [6.45, 7) is 7.17. The third kappa shape index (κ3) is 4.84. The lowest BCUT2D eigenvalue weighted by molar-refractivity contribution is -0.120. The Morgan fingerprint density at radius 1 is 1.38 bits per heavy atom. The molecule has 1 N–H and O–H groups in total. The summed E-state index contributed by atoms with van der Waals surface area (Å²) in [6, 6.07) is 7.57. The number of rotatable bonds is 5. The second kappa shape index (κ2) is 6.60. The summed E-state index contributed by atoms with van der Waals surface area (Å²) in [5.41, 5.74) is 1.64. The van der Waals surface area contributed by atoms with Crippen LogP contribution in [-0.2, 0) is 11.2 Å². The number of carbonyl (C=O) groups excluding carboxylic acids is 1. The molecule has 4 nitrogen and oxygen atoms in total. The molecule has 2 rings (SSSR count). The van der Waals surface area contributed by atoms with Gasteiger partial charge >= 0.3 is 0 Å². The summed E-state index contributed by atoms with van der Waals surface area (Å²) < 4.78 is 5.20. The first kappa shape index (κ1) is 16.0. The van der Waals surface area contributed by atoms with Crippen LogP contribution in [0.4, 0.5) is 0 Å². The van der Waals surface area contributed by atoms with E-state index in [1.54, 1.807) is 0 Å². The van der Waals surface area contributed by atoms with Gasteiger partial charge in [-0.05, 0) is 24.0 Å². The van der Waals surface area contributed by atoms with E-state index in [-0.39, 0.29) is 22.6 Å². The maximum atomic E-state index is 12.0. The van der Waals surface area contributed by atoms with Crippen molar-refractivity contribution < 1.29 is 9.32 Å². The Labute approximate surface area is 133 Å². The molecule has 2 aromatic rings. The van der Waals surface area contributed by atoms with Crippen LogP contribution in [0.15, 0.2) is 28.8 Å². The number of hydrogen-bond donors (Lipinski definition) is 1. The van der Waals surface area contributed by atoms with Crippen LogP contribution in [0.2, 0.25) is 0 Å². The molecule has 1 aromatic carbocycles. The van der Waals surface area contributed by atoms with Gasteiger partial charge in [-0.3, -0.25) is 4.79 Å². The number of fused-ring (bicyclic) bond motifs is 1. The molecule has 21 heavy (non-hydrogen) atoms. The first-order valence-electron chi connectivity index (χ1n) is 7.09. The molecule has 0 saturated heterocycles. The van der Waals surface area contributed by atoms with E-state index in [1.165, 1.54) is 0 Å². The first-order chi connectivity index (χ1) is 9.85. The van der Waals surface area contributed by atoms with Gasteiger partial charge in [0.1, 0.15) is 5.69 Å². The van der Waals surface area contributed by atoms with Gasteiger partial charge in [-0.15, -0.1) is 0 Å². The van der Waals surface area contributed by atoms with Crippen molar-refractivity contribution in [1.82, 2.24) is 10.5 Å². The van der Waals surface area contributed by atoms with Gasteiger partial charge in [0.15, 0.2) is 5.58 Å². The van der Waals surface area contributed by atoms with E-state index in [1.807, 2.05) is 24.3 Å². The highest BCUT2D eigenvalue weighted by atomic mass is 79.9. The Kier molecular flexibility index (Phi) is 5.04. The van der Waals surface area contributed by atoms with E-state index in [4.69, 9.17) is 4.52 Å². The zero-order chi connectivity index (χ0) is 15.5. The summed E-state index contributed by atoms with van der Waals surface area (Å²) in [6.07, 6.45) is 1.24.